The molecule has 2 rings (SSSR count). The van der Waals surface area contributed by atoms with E-state index in [9.17, 15) is 4.79 Å². The fourth-order valence-corrected chi connectivity index (χ4v) is 2.30. The first-order valence-electron chi connectivity index (χ1n) is 5.48. The van der Waals surface area contributed by atoms with Crippen LogP contribution in [0.15, 0.2) is 12.1 Å². The topological polar surface area (TPSA) is 26.3 Å². The molecule has 1 unspecified atom stereocenters. The Bertz CT molecular complexity index is 438. The predicted molar refractivity (Wildman–Crippen MR) is 64.2 cm³/mol. The highest BCUT2D eigenvalue weighted by Crippen LogP contribution is 2.36. The van der Waals surface area contributed by atoms with E-state index >= 15 is 0 Å². The van der Waals surface area contributed by atoms with Crippen LogP contribution in [-0.4, -0.2) is 11.9 Å². The summed E-state index contributed by atoms with van der Waals surface area (Å²) in [7, 11) is 0. The quantitative estimate of drug-likeness (QED) is 0.791. The number of aryl methyl sites for hydroxylation is 1. The van der Waals surface area contributed by atoms with Gasteiger partial charge in [-0.2, -0.15) is 0 Å². The number of benzene rings is 1. The molecule has 0 saturated heterocycles. The summed E-state index contributed by atoms with van der Waals surface area (Å²) < 4.78 is 5.66. The number of rotatable bonds is 2. The largest absolute Gasteiger partial charge is 0.482 e. The lowest BCUT2D eigenvalue weighted by molar-refractivity contribution is -0.128. The van der Waals surface area contributed by atoms with Crippen molar-refractivity contribution in [1.29, 1.82) is 0 Å². The minimum absolute atomic E-state index is 0.000755. The Labute approximate surface area is 101 Å². The maximum absolute atomic E-state index is 11.8. The summed E-state index contributed by atoms with van der Waals surface area (Å²) in [4.78, 5) is 11.8. The molecule has 0 fully saturated rings. The maximum atomic E-state index is 11.8. The standard InChI is InChI=1S/C13H15ClO2/c1-7(2)13(15)12-6-9-10(14)4-8(3)5-11(9)16-12/h4-5,7,12H,6H2,1-3H3. The van der Waals surface area contributed by atoms with Crippen LogP contribution in [-0.2, 0) is 11.2 Å². The first-order valence-corrected chi connectivity index (χ1v) is 5.86. The highest BCUT2D eigenvalue weighted by atomic mass is 35.5. The van der Waals surface area contributed by atoms with Crippen LogP contribution in [0.3, 0.4) is 0 Å². The number of hydrogen-bond acceptors (Lipinski definition) is 2. The van der Waals surface area contributed by atoms with E-state index in [1.807, 2.05) is 32.9 Å². The molecule has 0 aliphatic carbocycles. The predicted octanol–water partition coefficient (Wildman–Crippen LogP) is 3.18. The van der Waals surface area contributed by atoms with E-state index in [1.54, 1.807) is 0 Å². The molecule has 1 aromatic carbocycles. The first-order chi connectivity index (χ1) is 7.49. The molecular weight excluding hydrogens is 224 g/mol. The molecule has 3 heteroatoms. The Hall–Kier alpha value is -1.02. The Kier molecular flexibility index (Phi) is 2.94. The third-order valence-electron chi connectivity index (χ3n) is 2.84. The van der Waals surface area contributed by atoms with E-state index in [0.717, 1.165) is 16.9 Å². The maximum Gasteiger partial charge on any atom is 0.176 e. The third-order valence-corrected chi connectivity index (χ3v) is 3.18. The smallest absolute Gasteiger partial charge is 0.176 e. The molecule has 86 valence electrons. The van der Waals surface area contributed by atoms with Crippen molar-refractivity contribution in [2.24, 2.45) is 5.92 Å². The number of hydrogen-bond donors (Lipinski definition) is 0. The van der Waals surface area contributed by atoms with Crippen molar-refractivity contribution < 1.29 is 9.53 Å². The van der Waals surface area contributed by atoms with Gasteiger partial charge in [-0.15, -0.1) is 0 Å². The number of halogens is 1. The fourth-order valence-electron chi connectivity index (χ4n) is 1.95. The molecule has 0 spiro atoms. The summed E-state index contributed by atoms with van der Waals surface area (Å²) in [5.41, 5.74) is 2.02. The second kappa shape index (κ2) is 4.10. The lowest BCUT2D eigenvalue weighted by Crippen LogP contribution is -2.29. The van der Waals surface area contributed by atoms with E-state index in [1.165, 1.54) is 0 Å². The molecule has 2 nitrogen and oxygen atoms in total. The summed E-state index contributed by atoms with van der Waals surface area (Å²) >= 11 is 6.13. The molecule has 0 radical (unpaired) electrons. The van der Waals surface area contributed by atoms with Gasteiger partial charge in [0.25, 0.3) is 0 Å². The molecule has 1 heterocycles. The zero-order valence-corrected chi connectivity index (χ0v) is 10.5. The molecule has 0 bridgehead atoms. The van der Waals surface area contributed by atoms with Crippen LogP contribution in [0.2, 0.25) is 5.02 Å². The Morgan fingerprint density at radius 3 is 2.81 bits per heavy atom. The van der Waals surface area contributed by atoms with Gasteiger partial charge in [0.05, 0.1) is 0 Å². The first kappa shape index (κ1) is 11.5. The molecule has 0 amide bonds. The van der Waals surface area contributed by atoms with E-state index in [4.69, 9.17) is 16.3 Å². The number of ketones is 1. The van der Waals surface area contributed by atoms with Gasteiger partial charge >= 0.3 is 0 Å². The average Bonchev–Trinajstić information content (AvgIpc) is 2.60. The summed E-state index contributed by atoms with van der Waals surface area (Å²) in [6, 6.07) is 3.85. The lowest BCUT2D eigenvalue weighted by Gasteiger charge is -2.11. The Morgan fingerprint density at radius 2 is 2.19 bits per heavy atom. The van der Waals surface area contributed by atoms with Crippen LogP contribution in [0, 0.1) is 12.8 Å². The number of carbonyl (C=O) groups is 1. The van der Waals surface area contributed by atoms with Crippen molar-refractivity contribution in [3.8, 4) is 5.75 Å². The number of carbonyl (C=O) groups excluding carboxylic acids is 1. The van der Waals surface area contributed by atoms with Crippen LogP contribution in [0.1, 0.15) is 25.0 Å². The molecule has 16 heavy (non-hydrogen) atoms. The van der Waals surface area contributed by atoms with Crippen molar-refractivity contribution in [3.05, 3.63) is 28.3 Å². The van der Waals surface area contributed by atoms with Gasteiger partial charge in [0, 0.05) is 22.9 Å². The van der Waals surface area contributed by atoms with E-state index in [-0.39, 0.29) is 17.8 Å². The second-order valence-corrected chi connectivity index (χ2v) is 5.00. The van der Waals surface area contributed by atoms with Crippen LogP contribution >= 0.6 is 11.6 Å². The van der Waals surface area contributed by atoms with E-state index in [2.05, 4.69) is 0 Å². The van der Waals surface area contributed by atoms with Gasteiger partial charge in [0.2, 0.25) is 0 Å². The SMILES string of the molecule is Cc1cc(Cl)c2c(c1)OC(C(=O)C(C)C)C2. The summed E-state index contributed by atoms with van der Waals surface area (Å²) in [6.07, 6.45) is 0.250. The van der Waals surface area contributed by atoms with Crippen LogP contribution in [0.5, 0.6) is 5.75 Å². The second-order valence-electron chi connectivity index (χ2n) is 4.59. The summed E-state index contributed by atoms with van der Waals surface area (Å²) in [5.74, 6) is 0.910. The van der Waals surface area contributed by atoms with Gasteiger partial charge in [-0.1, -0.05) is 25.4 Å². The van der Waals surface area contributed by atoms with Crippen molar-refractivity contribution in [2.75, 3.05) is 0 Å². The van der Waals surface area contributed by atoms with Crippen molar-refractivity contribution in [2.45, 2.75) is 33.3 Å². The number of ether oxygens (including phenoxy) is 1. The molecule has 0 saturated carbocycles. The van der Waals surface area contributed by atoms with Gasteiger partial charge in [-0.3, -0.25) is 4.79 Å². The highest BCUT2D eigenvalue weighted by Gasteiger charge is 2.31. The molecule has 1 atom stereocenters. The van der Waals surface area contributed by atoms with Crippen LogP contribution < -0.4 is 4.74 Å². The number of Topliss-reactive ketones (excluding diaryl/α,β-unsaturated/α-hetero) is 1. The van der Waals surface area contributed by atoms with Gasteiger partial charge in [-0.25, -0.2) is 0 Å². The molecule has 1 aliphatic heterocycles. The molecule has 1 aromatic rings. The zero-order valence-electron chi connectivity index (χ0n) is 9.71. The van der Waals surface area contributed by atoms with Crippen molar-refractivity contribution >= 4 is 17.4 Å². The van der Waals surface area contributed by atoms with Crippen LogP contribution in [0.25, 0.3) is 0 Å². The summed E-state index contributed by atoms with van der Waals surface area (Å²) in [5, 5.41) is 0.703. The normalized spacial score (nSPS) is 18.4. The van der Waals surface area contributed by atoms with Crippen molar-refractivity contribution in [1.82, 2.24) is 0 Å². The van der Waals surface area contributed by atoms with Crippen LogP contribution in [0.4, 0.5) is 0 Å². The van der Waals surface area contributed by atoms with E-state index < -0.39 is 0 Å². The minimum Gasteiger partial charge on any atom is -0.482 e. The van der Waals surface area contributed by atoms with Gasteiger partial charge in [0.15, 0.2) is 11.9 Å². The zero-order chi connectivity index (χ0) is 11.9. The van der Waals surface area contributed by atoms with Crippen molar-refractivity contribution in [3.63, 3.8) is 0 Å². The highest BCUT2D eigenvalue weighted by molar-refractivity contribution is 6.31. The third kappa shape index (κ3) is 1.94. The van der Waals surface area contributed by atoms with Gasteiger partial charge < -0.3 is 4.74 Å². The van der Waals surface area contributed by atoms with Gasteiger partial charge in [-0.05, 0) is 24.6 Å². The molecule has 1 aliphatic rings. The molecule has 0 N–H and O–H groups in total. The average molecular weight is 239 g/mol. The fraction of sp³-hybridized carbons (Fsp3) is 0.462. The minimum atomic E-state index is -0.353. The van der Waals surface area contributed by atoms with Gasteiger partial charge in [0.1, 0.15) is 5.75 Å². The molecular formula is C13H15ClO2. The Balaban J connectivity index is 2.28. The Morgan fingerprint density at radius 1 is 1.50 bits per heavy atom. The van der Waals surface area contributed by atoms with E-state index in [0.29, 0.717) is 11.4 Å². The monoisotopic (exact) mass is 238 g/mol. The lowest BCUT2D eigenvalue weighted by atomic mass is 9.99. The molecule has 0 aromatic heterocycles. The summed E-state index contributed by atoms with van der Waals surface area (Å²) in [6.45, 7) is 5.75. The number of fused-ring (bicyclic) bond motifs is 1.